The first-order chi connectivity index (χ1) is 20.2. The molecule has 1 N–H and O–H groups in total. The number of halogens is 3. The minimum absolute atomic E-state index is 0.0935. The van der Waals surface area contributed by atoms with E-state index in [0.717, 1.165) is 48.9 Å². The Hall–Kier alpha value is -3.89. The van der Waals surface area contributed by atoms with Crippen LogP contribution in [0.2, 0.25) is 0 Å². The highest BCUT2D eigenvalue weighted by molar-refractivity contribution is 5.93. The fourth-order valence-corrected chi connectivity index (χ4v) is 7.35. The summed E-state index contributed by atoms with van der Waals surface area (Å²) in [6.07, 6.45) is 1.03. The molecule has 0 radical (unpaired) electrons. The van der Waals surface area contributed by atoms with Crippen molar-refractivity contribution < 1.29 is 32.2 Å². The van der Waals surface area contributed by atoms with Crippen molar-refractivity contribution in [3.05, 3.63) is 59.3 Å². The molecule has 2 aromatic carbocycles. The molecule has 8 nitrogen and oxygen atoms in total. The van der Waals surface area contributed by atoms with E-state index in [2.05, 4.69) is 53.3 Å². The first-order valence-corrected chi connectivity index (χ1v) is 14.6. The Bertz CT molecular complexity index is 1520. The van der Waals surface area contributed by atoms with Gasteiger partial charge in [-0.25, -0.2) is 4.68 Å². The van der Waals surface area contributed by atoms with Gasteiger partial charge >= 0.3 is 12.3 Å². The molecule has 0 saturated heterocycles. The van der Waals surface area contributed by atoms with Gasteiger partial charge in [-0.15, -0.1) is 18.3 Å². The lowest BCUT2D eigenvalue weighted by Gasteiger charge is -2.54. The maximum absolute atomic E-state index is 13.4. The molecule has 1 amide bonds. The minimum Gasteiger partial charge on any atom is -0.469 e. The molecule has 1 saturated carbocycles. The molecule has 1 heterocycles. The molecule has 43 heavy (non-hydrogen) atoms. The van der Waals surface area contributed by atoms with Gasteiger partial charge in [0.05, 0.1) is 18.7 Å². The SMILES string of the molecule is COC(=O)[C@]1(C)CCC[C@]2(C)c3ccc(C(C)C)c(NC(=O)Cn4cc(-c5ccc(OC(F)(F)F)cc5)nn4)c3CC[C@@H]12. The Morgan fingerprint density at radius 2 is 1.84 bits per heavy atom. The summed E-state index contributed by atoms with van der Waals surface area (Å²) in [6.45, 7) is 8.37. The summed E-state index contributed by atoms with van der Waals surface area (Å²) in [4.78, 5) is 26.3. The van der Waals surface area contributed by atoms with Crippen LogP contribution in [-0.4, -0.2) is 40.3 Å². The number of hydrogen-bond acceptors (Lipinski definition) is 6. The molecule has 3 aromatic rings. The maximum Gasteiger partial charge on any atom is 0.573 e. The fraction of sp³-hybridized carbons (Fsp3) is 0.500. The number of aromatic nitrogens is 3. The molecule has 5 rings (SSSR count). The average Bonchev–Trinajstić information content (AvgIpc) is 3.40. The number of amides is 1. The van der Waals surface area contributed by atoms with Crippen molar-refractivity contribution in [2.75, 3.05) is 12.4 Å². The van der Waals surface area contributed by atoms with Crippen LogP contribution >= 0.6 is 0 Å². The van der Waals surface area contributed by atoms with Gasteiger partial charge in [-0.2, -0.15) is 0 Å². The molecule has 0 bridgehead atoms. The second-order valence-electron chi connectivity index (χ2n) is 12.4. The van der Waals surface area contributed by atoms with Crippen LogP contribution in [0, 0.1) is 11.3 Å². The van der Waals surface area contributed by atoms with Gasteiger partial charge in [0.25, 0.3) is 0 Å². The second kappa shape index (κ2) is 11.3. The van der Waals surface area contributed by atoms with E-state index in [9.17, 15) is 22.8 Å². The number of nitrogens with zero attached hydrogens (tertiary/aromatic N) is 3. The smallest absolute Gasteiger partial charge is 0.469 e. The second-order valence-corrected chi connectivity index (χ2v) is 12.4. The largest absolute Gasteiger partial charge is 0.573 e. The van der Waals surface area contributed by atoms with Crippen LogP contribution in [0.4, 0.5) is 18.9 Å². The van der Waals surface area contributed by atoms with Gasteiger partial charge in [-0.05, 0) is 90.8 Å². The summed E-state index contributed by atoms with van der Waals surface area (Å²) in [5, 5.41) is 11.3. The lowest BCUT2D eigenvalue weighted by molar-refractivity contribution is -0.274. The zero-order valence-electron chi connectivity index (χ0n) is 25.0. The molecule has 230 valence electrons. The zero-order valence-corrected chi connectivity index (χ0v) is 25.0. The molecule has 0 spiro atoms. The van der Waals surface area contributed by atoms with Gasteiger partial charge in [0, 0.05) is 11.3 Å². The summed E-state index contributed by atoms with van der Waals surface area (Å²) in [5.74, 6) is -0.462. The van der Waals surface area contributed by atoms with Crippen LogP contribution in [0.25, 0.3) is 11.3 Å². The van der Waals surface area contributed by atoms with Crippen LogP contribution in [-0.2, 0) is 32.7 Å². The number of carbonyl (C=O) groups is 2. The van der Waals surface area contributed by atoms with E-state index >= 15 is 0 Å². The van der Waals surface area contributed by atoms with E-state index < -0.39 is 11.8 Å². The normalized spacial score (nSPS) is 23.3. The molecule has 2 aliphatic carbocycles. The Kier molecular flexibility index (Phi) is 8.04. The van der Waals surface area contributed by atoms with Crippen LogP contribution in [0.5, 0.6) is 5.75 Å². The Morgan fingerprint density at radius 3 is 2.49 bits per heavy atom. The van der Waals surface area contributed by atoms with Crippen molar-refractivity contribution in [3.63, 3.8) is 0 Å². The number of alkyl halides is 3. The first-order valence-electron chi connectivity index (χ1n) is 14.6. The van der Waals surface area contributed by atoms with Crippen molar-refractivity contribution in [3.8, 4) is 17.0 Å². The molecule has 0 aliphatic heterocycles. The first kappa shape index (κ1) is 30.6. The fourth-order valence-electron chi connectivity index (χ4n) is 7.35. The molecule has 0 unspecified atom stereocenters. The van der Waals surface area contributed by atoms with Gasteiger partial charge in [0.15, 0.2) is 0 Å². The topological polar surface area (TPSA) is 95.3 Å². The third-order valence-corrected chi connectivity index (χ3v) is 9.34. The highest BCUT2D eigenvalue weighted by atomic mass is 19.4. The summed E-state index contributed by atoms with van der Waals surface area (Å²) in [6, 6.07) is 9.58. The summed E-state index contributed by atoms with van der Waals surface area (Å²) >= 11 is 0. The summed E-state index contributed by atoms with van der Waals surface area (Å²) in [5.41, 5.74) is 4.32. The van der Waals surface area contributed by atoms with E-state index in [1.54, 1.807) is 6.20 Å². The number of methoxy groups -OCH3 is 1. The predicted octanol–water partition coefficient (Wildman–Crippen LogP) is 6.79. The Balaban J connectivity index is 1.38. The van der Waals surface area contributed by atoms with E-state index in [1.807, 2.05) is 6.92 Å². The van der Waals surface area contributed by atoms with Gasteiger partial charge in [-0.3, -0.25) is 9.59 Å². The number of benzene rings is 2. The minimum atomic E-state index is -4.77. The summed E-state index contributed by atoms with van der Waals surface area (Å²) in [7, 11) is 1.46. The van der Waals surface area contributed by atoms with Crippen LogP contribution in [0.15, 0.2) is 42.6 Å². The van der Waals surface area contributed by atoms with Crippen molar-refractivity contribution in [2.45, 2.75) is 84.0 Å². The Morgan fingerprint density at radius 1 is 1.12 bits per heavy atom. The maximum atomic E-state index is 13.4. The summed E-state index contributed by atoms with van der Waals surface area (Å²) < 4.78 is 48.0. The lowest BCUT2D eigenvalue weighted by atomic mass is 9.49. The van der Waals surface area contributed by atoms with Crippen molar-refractivity contribution in [1.29, 1.82) is 0 Å². The average molecular weight is 599 g/mol. The highest BCUT2D eigenvalue weighted by Crippen LogP contribution is 2.58. The number of esters is 1. The molecule has 2 aliphatic rings. The van der Waals surface area contributed by atoms with E-state index in [4.69, 9.17) is 4.74 Å². The van der Waals surface area contributed by atoms with E-state index in [1.165, 1.54) is 41.6 Å². The standard InChI is InChI=1S/C32H37F3N4O4/c1-19(2)22-11-13-24-23(12-14-26-30(24,3)15-6-16-31(26,4)29(41)42-5)28(22)36-27(40)18-39-17-25(37-38-39)20-7-9-21(10-8-20)43-32(33,34)35/h7-11,13,17,19,26H,6,12,14-16,18H2,1-5H3,(H,36,40)/t26-,30-,31-/m1/s1. The zero-order chi connectivity index (χ0) is 31.2. The van der Waals surface area contributed by atoms with Crippen LogP contribution < -0.4 is 10.1 Å². The molecule has 1 fully saturated rings. The van der Waals surface area contributed by atoms with Gasteiger partial charge in [0.1, 0.15) is 18.0 Å². The lowest BCUT2D eigenvalue weighted by Crippen LogP contribution is -2.52. The number of anilines is 1. The van der Waals surface area contributed by atoms with Gasteiger partial charge in [-0.1, -0.05) is 44.5 Å². The number of hydrogen-bond donors (Lipinski definition) is 1. The quantitative estimate of drug-likeness (QED) is 0.301. The van der Waals surface area contributed by atoms with Crippen molar-refractivity contribution in [1.82, 2.24) is 15.0 Å². The molecular formula is C32H37F3N4O4. The van der Waals surface area contributed by atoms with E-state index in [0.29, 0.717) is 11.3 Å². The van der Waals surface area contributed by atoms with Crippen molar-refractivity contribution >= 4 is 17.6 Å². The molecule has 11 heteroatoms. The third kappa shape index (κ3) is 5.86. The number of carbonyl (C=O) groups excluding carboxylic acids is 2. The van der Waals surface area contributed by atoms with Gasteiger partial charge in [0.2, 0.25) is 5.91 Å². The Labute approximate surface area is 248 Å². The van der Waals surface area contributed by atoms with Crippen molar-refractivity contribution in [2.24, 2.45) is 11.3 Å². The number of fused-ring (bicyclic) bond motifs is 3. The predicted molar refractivity (Wildman–Crippen MR) is 154 cm³/mol. The highest BCUT2D eigenvalue weighted by Gasteiger charge is 2.56. The van der Waals surface area contributed by atoms with E-state index in [-0.39, 0.29) is 41.4 Å². The number of nitrogens with one attached hydrogen (secondary N) is 1. The van der Waals surface area contributed by atoms with Crippen LogP contribution in [0.3, 0.4) is 0 Å². The van der Waals surface area contributed by atoms with Gasteiger partial charge < -0.3 is 14.8 Å². The third-order valence-electron chi connectivity index (χ3n) is 9.34. The number of rotatable bonds is 7. The molecular weight excluding hydrogens is 561 g/mol. The monoisotopic (exact) mass is 598 g/mol. The molecule has 3 atom stereocenters. The molecule has 1 aromatic heterocycles. The number of ether oxygens (including phenoxy) is 2. The van der Waals surface area contributed by atoms with Crippen LogP contribution in [0.1, 0.15) is 76.0 Å².